The second-order valence-electron chi connectivity index (χ2n) is 5.32. The molecule has 0 aromatic heterocycles. The highest BCUT2D eigenvalue weighted by Gasteiger charge is 2.51. The molecule has 1 saturated carbocycles. The molecular formula is C15H29NO5. The smallest absolute Gasteiger partial charge is 0.328 e. The van der Waals surface area contributed by atoms with Gasteiger partial charge in [-0.05, 0) is 31.7 Å². The number of nitrogens with one attached hydrogen (secondary N) is 1. The van der Waals surface area contributed by atoms with Gasteiger partial charge in [0.15, 0.2) is 0 Å². The summed E-state index contributed by atoms with van der Waals surface area (Å²) in [5, 5.41) is 3.35. The van der Waals surface area contributed by atoms with Gasteiger partial charge in [-0.15, -0.1) is 0 Å². The number of hydrogen-bond acceptors (Lipinski definition) is 6. The van der Waals surface area contributed by atoms with Crippen LogP contribution in [-0.4, -0.2) is 65.3 Å². The van der Waals surface area contributed by atoms with Gasteiger partial charge in [-0.2, -0.15) is 0 Å². The van der Waals surface area contributed by atoms with Crippen molar-refractivity contribution in [2.45, 2.75) is 31.7 Å². The van der Waals surface area contributed by atoms with Gasteiger partial charge in [0.1, 0.15) is 5.54 Å². The van der Waals surface area contributed by atoms with Crippen LogP contribution in [0, 0.1) is 5.92 Å². The topological polar surface area (TPSA) is 66.0 Å². The fourth-order valence-corrected chi connectivity index (χ4v) is 2.31. The van der Waals surface area contributed by atoms with Gasteiger partial charge in [-0.3, -0.25) is 5.32 Å². The molecule has 21 heavy (non-hydrogen) atoms. The van der Waals surface area contributed by atoms with Crippen molar-refractivity contribution in [3.8, 4) is 0 Å². The minimum Gasteiger partial charge on any atom is -0.468 e. The Balaban J connectivity index is 2.39. The lowest BCUT2D eigenvalue weighted by molar-refractivity contribution is -0.153. The summed E-state index contributed by atoms with van der Waals surface area (Å²) in [5.41, 5.74) is -0.697. The predicted molar refractivity (Wildman–Crippen MR) is 79.3 cm³/mol. The molecular weight excluding hydrogens is 274 g/mol. The Kier molecular flexibility index (Phi) is 8.84. The molecule has 0 heterocycles. The number of rotatable bonds is 13. The molecule has 1 aliphatic carbocycles. The molecule has 6 nitrogen and oxygen atoms in total. The summed E-state index contributed by atoms with van der Waals surface area (Å²) < 4.78 is 20.9. The largest absolute Gasteiger partial charge is 0.468 e. The molecule has 1 rings (SSSR count). The predicted octanol–water partition coefficient (Wildman–Crippen LogP) is 0.987. The van der Waals surface area contributed by atoms with E-state index in [1.807, 2.05) is 0 Å². The van der Waals surface area contributed by atoms with Crippen LogP contribution in [0.1, 0.15) is 26.2 Å². The third-order valence-corrected chi connectivity index (χ3v) is 3.65. The van der Waals surface area contributed by atoms with E-state index < -0.39 is 5.54 Å². The normalized spacial score (nSPS) is 17.5. The number of carbonyl (C=O) groups excluding carboxylic acids is 1. The Morgan fingerprint density at radius 2 is 1.81 bits per heavy atom. The maximum atomic E-state index is 12.2. The summed E-state index contributed by atoms with van der Waals surface area (Å²) in [6.07, 6.45) is 3.05. The van der Waals surface area contributed by atoms with Crippen molar-refractivity contribution in [1.82, 2.24) is 5.32 Å². The lowest BCUT2D eigenvalue weighted by Gasteiger charge is -2.32. The average Bonchev–Trinajstić information content (AvgIpc) is 3.34. The summed E-state index contributed by atoms with van der Waals surface area (Å²) in [6, 6.07) is 0. The first-order valence-electron chi connectivity index (χ1n) is 7.69. The number of esters is 1. The Hall–Kier alpha value is -0.690. The highest BCUT2D eigenvalue weighted by atomic mass is 16.5. The number of ether oxygens (including phenoxy) is 4. The van der Waals surface area contributed by atoms with Gasteiger partial charge in [-0.25, -0.2) is 4.79 Å². The molecule has 1 fully saturated rings. The quantitative estimate of drug-likeness (QED) is 0.404. The van der Waals surface area contributed by atoms with E-state index in [2.05, 4.69) is 12.2 Å². The second kappa shape index (κ2) is 10.1. The van der Waals surface area contributed by atoms with Crippen molar-refractivity contribution in [3.05, 3.63) is 0 Å². The maximum absolute atomic E-state index is 12.2. The Labute approximate surface area is 127 Å². The molecule has 0 radical (unpaired) electrons. The molecule has 1 N–H and O–H groups in total. The third kappa shape index (κ3) is 5.90. The molecule has 1 atom stereocenters. The van der Waals surface area contributed by atoms with Crippen LogP contribution < -0.4 is 5.32 Å². The highest BCUT2D eigenvalue weighted by Crippen LogP contribution is 2.40. The van der Waals surface area contributed by atoms with Crippen LogP contribution in [0.5, 0.6) is 0 Å². The van der Waals surface area contributed by atoms with Crippen molar-refractivity contribution in [2.75, 3.05) is 53.8 Å². The Morgan fingerprint density at radius 1 is 1.14 bits per heavy atom. The maximum Gasteiger partial charge on any atom is 0.328 e. The molecule has 124 valence electrons. The van der Waals surface area contributed by atoms with Crippen LogP contribution in [0.2, 0.25) is 0 Å². The van der Waals surface area contributed by atoms with Gasteiger partial charge in [0.25, 0.3) is 0 Å². The minimum absolute atomic E-state index is 0.223. The number of carbonyl (C=O) groups is 1. The SMILES string of the molecule is CCCNC(COCCOCCOC)(C(=O)OC)C1CC1. The molecule has 0 aliphatic heterocycles. The first-order valence-corrected chi connectivity index (χ1v) is 7.69. The molecule has 0 spiro atoms. The summed E-state index contributed by atoms with van der Waals surface area (Å²) >= 11 is 0. The van der Waals surface area contributed by atoms with Crippen LogP contribution in [0.15, 0.2) is 0 Å². The first kappa shape index (κ1) is 18.4. The zero-order valence-electron chi connectivity index (χ0n) is 13.5. The molecule has 1 unspecified atom stereocenters. The number of methoxy groups -OCH3 is 2. The molecule has 0 saturated heterocycles. The Morgan fingerprint density at radius 3 is 2.38 bits per heavy atom. The average molecular weight is 303 g/mol. The van der Waals surface area contributed by atoms with Crippen LogP contribution >= 0.6 is 0 Å². The summed E-state index contributed by atoms with van der Waals surface area (Å²) in [6.45, 7) is 5.27. The fourth-order valence-electron chi connectivity index (χ4n) is 2.31. The van der Waals surface area contributed by atoms with Gasteiger partial charge < -0.3 is 18.9 Å². The second-order valence-corrected chi connectivity index (χ2v) is 5.32. The van der Waals surface area contributed by atoms with Gasteiger partial charge in [0.05, 0.1) is 40.1 Å². The van der Waals surface area contributed by atoms with Gasteiger partial charge in [0.2, 0.25) is 0 Å². The van der Waals surface area contributed by atoms with Crippen molar-refractivity contribution in [2.24, 2.45) is 5.92 Å². The van der Waals surface area contributed by atoms with E-state index in [4.69, 9.17) is 18.9 Å². The van der Waals surface area contributed by atoms with E-state index in [-0.39, 0.29) is 5.97 Å². The summed E-state index contributed by atoms with van der Waals surface area (Å²) in [7, 11) is 3.07. The van der Waals surface area contributed by atoms with Crippen molar-refractivity contribution in [1.29, 1.82) is 0 Å². The lowest BCUT2D eigenvalue weighted by atomic mass is 9.94. The third-order valence-electron chi connectivity index (χ3n) is 3.65. The van der Waals surface area contributed by atoms with E-state index in [1.54, 1.807) is 7.11 Å². The number of hydrogen-bond donors (Lipinski definition) is 1. The van der Waals surface area contributed by atoms with E-state index in [9.17, 15) is 4.79 Å². The van der Waals surface area contributed by atoms with Gasteiger partial charge >= 0.3 is 5.97 Å². The first-order chi connectivity index (χ1) is 10.2. The molecule has 0 aromatic rings. The standard InChI is InChI=1S/C15H29NO5/c1-4-7-16-15(13-5-6-13,14(17)19-3)12-21-11-10-20-9-8-18-2/h13,16H,4-12H2,1-3H3. The zero-order chi connectivity index (χ0) is 15.6. The highest BCUT2D eigenvalue weighted by molar-refractivity contribution is 5.82. The molecule has 0 amide bonds. The zero-order valence-corrected chi connectivity index (χ0v) is 13.5. The van der Waals surface area contributed by atoms with Crippen molar-refractivity contribution < 1.29 is 23.7 Å². The minimum atomic E-state index is -0.697. The lowest BCUT2D eigenvalue weighted by Crippen LogP contribution is -2.58. The van der Waals surface area contributed by atoms with Crippen LogP contribution in [-0.2, 0) is 23.7 Å². The van der Waals surface area contributed by atoms with E-state index in [1.165, 1.54) is 7.11 Å². The van der Waals surface area contributed by atoms with E-state index in [0.29, 0.717) is 39.0 Å². The van der Waals surface area contributed by atoms with Crippen LogP contribution in [0.3, 0.4) is 0 Å². The monoisotopic (exact) mass is 303 g/mol. The van der Waals surface area contributed by atoms with Crippen molar-refractivity contribution in [3.63, 3.8) is 0 Å². The van der Waals surface area contributed by atoms with E-state index >= 15 is 0 Å². The van der Waals surface area contributed by atoms with Crippen molar-refractivity contribution >= 4 is 5.97 Å². The van der Waals surface area contributed by atoms with Gasteiger partial charge in [-0.1, -0.05) is 6.92 Å². The fraction of sp³-hybridized carbons (Fsp3) is 0.933. The Bertz CT molecular complexity index is 296. The molecule has 0 aromatic carbocycles. The van der Waals surface area contributed by atoms with Gasteiger partial charge in [0, 0.05) is 7.11 Å². The molecule has 0 bridgehead atoms. The molecule has 6 heteroatoms. The summed E-state index contributed by atoms with van der Waals surface area (Å²) in [5.74, 6) is 0.0876. The molecule has 1 aliphatic rings. The van der Waals surface area contributed by atoms with Crippen LogP contribution in [0.25, 0.3) is 0 Å². The van der Waals surface area contributed by atoms with E-state index in [0.717, 1.165) is 25.8 Å². The van der Waals surface area contributed by atoms with Crippen LogP contribution in [0.4, 0.5) is 0 Å². The summed E-state index contributed by atoms with van der Waals surface area (Å²) in [4.78, 5) is 12.2.